The lowest BCUT2D eigenvalue weighted by Crippen LogP contribution is -2.53. The first kappa shape index (κ1) is 14.6. The molecular formula is C15H19N3O4. The van der Waals surface area contributed by atoms with Crippen molar-refractivity contribution in [1.29, 1.82) is 0 Å². The van der Waals surface area contributed by atoms with E-state index in [0.29, 0.717) is 32.1 Å². The van der Waals surface area contributed by atoms with E-state index in [4.69, 9.17) is 9.47 Å². The second-order valence-electron chi connectivity index (χ2n) is 5.26. The van der Waals surface area contributed by atoms with Gasteiger partial charge >= 0.3 is 6.03 Å². The normalized spacial score (nSPS) is 21.1. The van der Waals surface area contributed by atoms with Crippen molar-refractivity contribution in [2.45, 2.75) is 6.10 Å². The van der Waals surface area contributed by atoms with Crippen LogP contribution >= 0.6 is 0 Å². The molecule has 2 aliphatic rings. The zero-order valence-corrected chi connectivity index (χ0v) is 12.4. The average molecular weight is 305 g/mol. The van der Waals surface area contributed by atoms with E-state index in [1.54, 1.807) is 16.8 Å². The Balaban J connectivity index is 1.61. The summed E-state index contributed by atoms with van der Waals surface area (Å²) in [7, 11) is 1.71. The Morgan fingerprint density at radius 3 is 2.82 bits per heavy atom. The molecule has 1 saturated heterocycles. The number of hydrogen-bond donors (Lipinski definition) is 1. The number of benzene rings is 1. The van der Waals surface area contributed by atoms with Crippen LogP contribution in [0, 0.1) is 0 Å². The summed E-state index contributed by atoms with van der Waals surface area (Å²) in [6.45, 7) is 2.36. The third kappa shape index (κ3) is 2.85. The van der Waals surface area contributed by atoms with Crippen molar-refractivity contribution >= 4 is 17.6 Å². The average Bonchev–Trinajstić information content (AvgIpc) is 2.57. The SMILES string of the molecule is CN1C(=O)C(CNC(=O)N2CCOCC2)Oc2ccccc21. The first-order valence-corrected chi connectivity index (χ1v) is 7.30. The van der Waals surface area contributed by atoms with Gasteiger partial charge in [-0.3, -0.25) is 4.79 Å². The maximum absolute atomic E-state index is 12.3. The Morgan fingerprint density at radius 2 is 2.05 bits per heavy atom. The van der Waals surface area contributed by atoms with Crippen molar-refractivity contribution in [3.63, 3.8) is 0 Å². The predicted molar refractivity (Wildman–Crippen MR) is 80.1 cm³/mol. The standard InChI is InChI=1S/C15H19N3O4/c1-17-11-4-2-3-5-12(11)22-13(14(17)19)10-16-15(20)18-6-8-21-9-7-18/h2-5,13H,6-10H2,1H3,(H,16,20). The van der Waals surface area contributed by atoms with E-state index < -0.39 is 6.10 Å². The number of rotatable bonds is 2. The smallest absolute Gasteiger partial charge is 0.317 e. The van der Waals surface area contributed by atoms with Crippen LogP contribution in [0.4, 0.5) is 10.5 Å². The second-order valence-corrected chi connectivity index (χ2v) is 5.26. The molecule has 1 atom stereocenters. The Bertz CT molecular complexity index is 572. The molecule has 0 bridgehead atoms. The van der Waals surface area contributed by atoms with Crippen LogP contribution in [0.1, 0.15) is 0 Å². The number of carbonyl (C=O) groups is 2. The van der Waals surface area contributed by atoms with Crippen LogP contribution in [0.15, 0.2) is 24.3 Å². The zero-order chi connectivity index (χ0) is 15.5. The molecule has 7 nitrogen and oxygen atoms in total. The molecule has 118 valence electrons. The number of urea groups is 1. The minimum atomic E-state index is -0.704. The summed E-state index contributed by atoms with van der Waals surface area (Å²) in [6, 6.07) is 7.16. The van der Waals surface area contributed by atoms with Gasteiger partial charge in [0.15, 0.2) is 6.10 Å². The maximum Gasteiger partial charge on any atom is 0.317 e. The van der Waals surface area contributed by atoms with Gasteiger partial charge in [0.25, 0.3) is 5.91 Å². The zero-order valence-electron chi connectivity index (χ0n) is 12.4. The number of morpholine rings is 1. The molecule has 0 aromatic heterocycles. The quantitative estimate of drug-likeness (QED) is 0.861. The second kappa shape index (κ2) is 6.23. The molecule has 3 amide bonds. The molecule has 2 aliphatic heterocycles. The third-order valence-corrected chi connectivity index (χ3v) is 3.84. The van der Waals surface area contributed by atoms with E-state index in [2.05, 4.69) is 5.32 Å². The van der Waals surface area contributed by atoms with Gasteiger partial charge in [0.2, 0.25) is 0 Å². The fourth-order valence-corrected chi connectivity index (χ4v) is 2.56. The summed E-state index contributed by atoms with van der Waals surface area (Å²) in [4.78, 5) is 27.6. The molecule has 1 aromatic carbocycles. The highest BCUT2D eigenvalue weighted by Crippen LogP contribution is 2.32. The summed E-state index contributed by atoms with van der Waals surface area (Å²) in [5.41, 5.74) is 0.739. The number of anilines is 1. The van der Waals surface area contributed by atoms with Crippen LogP contribution in [0.5, 0.6) is 5.75 Å². The summed E-state index contributed by atoms with van der Waals surface area (Å²) < 4.78 is 10.9. The molecular weight excluding hydrogens is 286 g/mol. The van der Waals surface area contributed by atoms with Crippen LogP contribution in [0.25, 0.3) is 0 Å². The Labute approximate surface area is 128 Å². The highest BCUT2D eigenvalue weighted by Gasteiger charge is 2.32. The van der Waals surface area contributed by atoms with Gasteiger partial charge in [-0.05, 0) is 12.1 Å². The predicted octanol–water partition coefficient (Wildman–Crippen LogP) is 0.452. The van der Waals surface area contributed by atoms with Crippen molar-refractivity contribution in [3.8, 4) is 5.75 Å². The highest BCUT2D eigenvalue weighted by molar-refractivity contribution is 5.99. The summed E-state index contributed by atoms with van der Waals surface area (Å²) in [5.74, 6) is 0.483. The van der Waals surface area contributed by atoms with E-state index in [1.807, 2.05) is 24.3 Å². The van der Waals surface area contributed by atoms with Gasteiger partial charge in [-0.2, -0.15) is 0 Å². The van der Waals surface area contributed by atoms with Crippen LogP contribution in [-0.2, 0) is 9.53 Å². The lowest BCUT2D eigenvalue weighted by molar-refractivity contribution is -0.125. The Morgan fingerprint density at radius 1 is 1.32 bits per heavy atom. The number of nitrogens with one attached hydrogen (secondary N) is 1. The van der Waals surface area contributed by atoms with Gasteiger partial charge in [0.05, 0.1) is 25.4 Å². The first-order chi connectivity index (χ1) is 10.7. The molecule has 3 rings (SSSR count). The molecule has 0 saturated carbocycles. The summed E-state index contributed by atoms with van der Waals surface area (Å²) in [6.07, 6.45) is -0.704. The molecule has 2 heterocycles. The first-order valence-electron chi connectivity index (χ1n) is 7.30. The number of fused-ring (bicyclic) bond motifs is 1. The molecule has 1 N–H and O–H groups in total. The fourth-order valence-electron chi connectivity index (χ4n) is 2.56. The van der Waals surface area contributed by atoms with E-state index in [0.717, 1.165) is 5.69 Å². The largest absolute Gasteiger partial charge is 0.477 e. The Kier molecular flexibility index (Phi) is 4.15. The van der Waals surface area contributed by atoms with Gasteiger partial charge in [0.1, 0.15) is 5.75 Å². The fraction of sp³-hybridized carbons (Fsp3) is 0.467. The molecule has 0 spiro atoms. The van der Waals surface area contributed by atoms with Crippen molar-refractivity contribution in [3.05, 3.63) is 24.3 Å². The van der Waals surface area contributed by atoms with Crippen LogP contribution in [-0.4, -0.2) is 62.8 Å². The van der Waals surface area contributed by atoms with Crippen molar-refractivity contribution in [2.75, 3.05) is 44.8 Å². The molecule has 0 radical (unpaired) electrons. The number of para-hydroxylation sites is 2. The highest BCUT2D eigenvalue weighted by atomic mass is 16.5. The van der Waals surface area contributed by atoms with Gasteiger partial charge in [0, 0.05) is 20.1 Å². The van der Waals surface area contributed by atoms with E-state index in [1.165, 1.54) is 0 Å². The van der Waals surface area contributed by atoms with Crippen molar-refractivity contribution in [2.24, 2.45) is 0 Å². The van der Waals surface area contributed by atoms with Crippen LogP contribution in [0.3, 0.4) is 0 Å². The van der Waals surface area contributed by atoms with Gasteiger partial charge in [-0.15, -0.1) is 0 Å². The van der Waals surface area contributed by atoms with Gasteiger partial charge in [-0.1, -0.05) is 12.1 Å². The summed E-state index contributed by atoms with van der Waals surface area (Å²) >= 11 is 0. The number of amides is 3. The van der Waals surface area contributed by atoms with E-state index >= 15 is 0 Å². The molecule has 1 fully saturated rings. The van der Waals surface area contributed by atoms with Crippen molar-refractivity contribution in [1.82, 2.24) is 10.2 Å². The Hall–Kier alpha value is -2.28. The minimum absolute atomic E-state index is 0.147. The number of ether oxygens (including phenoxy) is 2. The van der Waals surface area contributed by atoms with Gasteiger partial charge < -0.3 is 24.6 Å². The monoisotopic (exact) mass is 305 g/mol. The minimum Gasteiger partial charge on any atom is -0.477 e. The number of likely N-dealkylation sites (N-methyl/N-ethyl adjacent to an activating group) is 1. The molecule has 1 aromatic rings. The molecule has 1 unspecified atom stereocenters. The molecule has 0 aliphatic carbocycles. The van der Waals surface area contributed by atoms with Crippen LogP contribution in [0.2, 0.25) is 0 Å². The third-order valence-electron chi connectivity index (χ3n) is 3.84. The number of carbonyl (C=O) groups excluding carboxylic acids is 2. The van der Waals surface area contributed by atoms with Gasteiger partial charge in [-0.25, -0.2) is 4.79 Å². The topological polar surface area (TPSA) is 71.1 Å². The van der Waals surface area contributed by atoms with E-state index in [-0.39, 0.29) is 18.5 Å². The van der Waals surface area contributed by atoms with E-state index in [9.17, 15) is 9.59 Å². The molecule has 22 heavy (non-hydrogen) atoms. The van der Waals surface area contributed by atoms with Crippen LogP contribution < -0.4 is 15.0 Å². The molecule has 7 heteroatoms. The van der Waals surface area contributed by atoms with Crippen molar-refractivity contribution < 1.29 is 19.1 Å². The maximum atomic E-state index is 12.3. The number of hydrogen-bond acceptors (Lipinski definition) is 4. The summed E-state index contributed by atoms with van der Waals surface area (Å²) in [5, 5.41) is 2.76. The lowest BCUT2D eigenvalue weighted by atomic mass is 10.2. The number of nitrogens with zero attached hydrogens (tertiary/aromatic N) is 2. The lowest BCUT2D eigenvalue weighted by Gasteiger charge is -2.33.